The molecule has 0 atom stereocenters. The number of benzene rings is 1. The van der Waals surface area contributed by atoms with Crippen LogP contribution in [0, 0.1) is 0 Å². The maximum atomic E-state index is 11.1. The molecule has 1 aromatic carbocycles. The van der Waals surface area contributed by atoms with Crippen molar-refractivity contribution >= 4 is 26.3 Å². The van der Waals surface area contributed by atoms with Crippen molar-refractivity contribution in [3.63, 3.8) is 0 Å². The lowest BCUT2D eigenvalue weighted by Crippen LogP contribution is -2.39. The molecule has 0 aromatic heterocycles. The van der Waals surface area contributed by atoms with E-state index in [1.54, 1.807) is 0 Å². The third kappa shape index (κ3) is 2.75. The van der Waals surface area contributed by atoms with Crippen molar-refractivity contribution in [2.75, 3.05) is 0 Å². The highest BCUT2D eigenvalue weighted by Gasteiger charge is 2.40. The number of hydrogen-bond donors (Lipinski definition) is 4. The van der Waals surface area contributed by atoms with Gasteiger partial charge in [0.1, 0.15) is 4.91 Å². The van der Waals surface area contributed by atoms with Gasteiger partial charge in [0.2, 0.25) is 5.79 Å². The van der Waals surface area contributed by atoms with Gasteiger partial charge in [-0.05, 0) is 29.3 Å². The summed E-state index contributed by atoms with van der Waals surface area (Å²) in [4.78, 5) is -1.55. The molecule has 0 bridgehead atoms. The van der Waals surface area contributed by atoms with Crippen molar-refractivity contribution in [2.24, 2.45) is 0 Å². The maximum absolute atomic E-state index is 11.1. The predicted molar refractivity (Wildman–Crippen MR) is 66.7 cm³/mol. The van der Waals surface area contributed by atoms with Crippen molar-refractivity contribution in [2.45, 2.75) is 17.1 Å². The summed E-state index contributed by atoms with van der Waals surface area (Å²) in [6, 6.07) is 3.21. The van der Waals surface area contributed by atoms with Gasteiger partial charge in [0.15, 0.2) is 0 Å². The molecule has 0 saturated heterocycles. The fourth-order valence-electron chi connectivity index (χ4n) is 1.92. The molecule has 0 amide bonds. The Morgan fingerprint density at radius 1 is 1.00 bits per heavy atom. The van der Waals surface area contributed by atoms with Crippen LogP contribution in [0.4, 0.5) is 0 Å². The van der Waals surface area contributed by atoms with E-state index in [9.17, 15) is 27.0 Å². The highest BCUT2D eigenvalue weighted by molar-refractivity contribution is 7.90. The second kappa shape index (κ2) is 4.35. The Labute approximate surface area is 114 Å². The number of fused-ring (bicyclic) bond motifs is 1. The Hall–Kier alpha value is -1.30. The summed E-state index contributed by atoms with van der Waals surface area (Å²) in [5.74, 6) is -2.79. The molecule has 8 nitrogen and oxygen atoms in total. The van der Waals surface area contributed by atoms with Gasteiger partial charge in [0.05, 0.1) is 4.90 Å². The smallest absolute Gasteiger partial charge is 0.296 e. The van der Waals surface area contributed by atoms with Crippen LogP contribution in [-0.4, -0.2) is 41.9 Å². The molecule has 10 heteroatoms. The van der Waals surface area contributed by atoms with Crippen LogP contribution in [0.25, 0.3) is 6.08 Å². The molecule has 2 rings (SSSR count). The van der Waals surface area contributed by atoms with E-state index in [0.29, 0.717) is 0 Å². The number of aliphatic hydroxyl groups is 2. The average molecular weight is 322 g/mol. The highest BCUT2D eigenvalue weighted by atomic mass is 32.2. The molecule has 0 heterocycles. The van der Waals surface area contributed by atoms with E-state index < -0.39 is 42.2 Å². The lowest BCUT2D eigenvalue weighted by molar-refractivity contribution is -0.121. The molecule has 0 saturated carbocycles. The minimum Gasteiger partial charge on any atom is -0.361 e. The van der Waals surface area contributed by atoms with Crippen LogP contribution < -0.4 is 0 Å². The summed E-state index contributed by atoms with van der Waals surface area (Å²) in [5, 5.41) is 19.3. The number of rotatable bonds is 2. The Kier molecular flexibility index (Phi) is 3.28. The molecule has 0 spiro atoms. The van der Waals surface area contributed by atoms with Crippen LogP contribution in [0.15, 0.2) is 28.0 Å². The first-order chi connectivity index (χ1) is 8.91. The van der Waals surface area contributed by atoms with Crippen molar-refractivity contribution in [1.29, 1.82) is 0 Å². The van der Waals surface area contributed by atoms with E-state index in [0.717, 1.165) is 18.2 Å². The summed E-state index contributed by atoms with van der Waals surface area (Å²) >= 11 is 0. The lowest BCUT2D eigenvalue weighted by atomic mass is 9.93. The molecule has 0 unspecified atom stereocenters. The Bertz CT molecular complexity index is 802. The van der Waals surface area contributed by atoms with E-state index in [-0.39, 0.29) is 11.1 Å². The van der Waals surface area contributed by atoms with E-state index >= 15 is 0 Å². The second-order valence-corrected chi connectivity index (χ2v) is 7.12. The van der Waals surface area contributed by atoms with E-state index in [1.807, 2.05) is 0 Å². The average Bonchev–Trinajstić information content (AvgIpc) is 2.23. The largest absolute Gasteiger partial charge is 0.361 e. The molecular weight excluding hydrogens is 312 g/mol. The topological polar surface area (TPSA) is 149 Å². The van der Waals surface area contributed by atoms with Crippen LogP contribution >= 0.6 is 0 Å². The second-order valence-electron chi connectivity index (χ2n) is 4.31. The summed E-state index contributed by atoms with van der Waals surface area (Å²) in [7, 11) is -9.36. The fourth-order valence-corrected chi connectivity index (χ4v) is 3.20. The minimum atomic E-state index is -4.88. The normalized spacial score (nSPS) is 18.3. The molecule has 20 heavy (non-hydrogen) atoms. The van der Waals surface area contributed by atoms with Gasteiger partial charge in [-0.3, -0.25) is 9.11 Å². The van der Waals surface area contributed by atoms with Crippen LogP contribution in [0.3, 0.4) is 0 Å². The van der Waals surface area contributed by atoms with Crippen molar-refractivity contribution in [3.05, 3.63) is 34.2 Å². The van der Waals surface area contributed by atoms with Gasteiger partial charge in [0, 0.05) is 6.42 Å². The van der Waals surface area contributed by atoms with E-state index in [1.165, 1.54) is 6.07 Å². The van der Waals surface area contributed by atoms with Gasteiger partial charge in [-0.15, -0.1) is 0 Å². The molecule has 0 radical (unpaired) electrons. The van der Waals surface area contributed by atoms with Gasteiger partial charge in [0.25, 0.3) is 20.2 Å². The van der Waals surface area contributed by atoms with Crippen LogP contribution in [0.1, 0.15) is 11.1 Å². The number of hydrogen-bond acceptors (Lipinski definition) is 6. The Balaban J connectivity index is 2.70. The van der Waals surface area contributed by atoms with E-state index in [4.69, 9.17) is 9.11 Å². The zero-order valence-electron chi connectivity index (χ0n) is 9.75. The monoisotopic (exact) mass is 322 g/mol. The molecule has 0 fully saturated rings. The van der Waals surface area contributed by atoms with Crippen molar-refractivity contribution in [3.8, 4) is 0 Å². The highest BCUT2D eigenvalue weighted by Crippen LogP contribution is 2.33. The molecule has 0 aliphatic heterocycles. The van der Waals surface area contributed by atoms with Gasteiger partial charge in [-0.1, -0.05) is 6.07 Å². The Morgan fingerprint density at radius 2 is 1.60 bits per heavy atom. The standard InChI is InChI=1S/C10H10O8S2/c11-10(12)5-6-1-2-8(19(13,14)15)3-7(6)4-9(10)20(16,17)18/h1-4,11-12H,5H2,(H,13,14,15)(H,16,17,18). The minimum absolute atomic E-state index is 0.0338. The molecule has 4 N–H and O–H groups in total. The molecule has 1 aromatic rings. The first-order valence-corrected chi connectivity index (χ1v) is 8.04. The molecule has 1 aliphatic carbocycles. The predicted octanol–water partition coefficient (Wildman–Crippen LogP) is -0.601. The van der Waals surface area contributed by atoms with Crippen molar-refractivity contribution in [1.82, 2.24) is 0 Å². The van der Waals surface area contributed by atoms with Gasteiger partial charge in [-0.25, -0.2) is 0 Å². The first kappa shape index (κ1) is 15.1. The SMILES string of the molecule is O=S(=O)(O)C1=Cc2cc(S(=O)(=O)O)ccc2CC1(O)O. The molecule has 110 valence electrons. The van der Waals surface area contributed by atoms with Crippen molar-refractivity contribution < 1.29 is 36.2 Å². The third-order valence-electron chi connectivity index (χ3n) is 2.81. The van der Waals surface area contributed by atoms with Crippen LogP contribution in [0.5, 0.6) is 0 Å². The van der Waals surface area contributed by atoms with Crippen LogP contribution in [0.2, 0.25) is 0 Å². The third-order valence-corrected chi connectivity index (χ3v) is 4.66. The Morgan fingerprint density at radius 3 is 2.10 bits per heavy atom. The van der Waals surface area contributed by atoms with Crippen LogP contribution in [-0.2, 0) is 26.7 Å². The maximum Gasteiger partial charge on any atom is 0.296 e. The zero-order valence-corrected chi connectivity index (χ0v) is 11.4. The fraction of sp³-hybridized carbons (Fsp3) is 0.200. The zero-order chi connectivity index (χ0) is 15.3. The molecular formula is C10H10O8S2. The quantitative estimate of drug-likeness (QED) is 0.416. The van der Waals surface area contributed by atoms with Gasteiger partial charge < -0.3 is 10.2 Å². The lowest BCUT2D eigenvalue weighted by Gasteiger charge is -2.28. The van der Waals surface area contributed by atoms with Gasteiger partial charge in [-0.2, -0.15) is 16.8 Å². The first-order valence-electron chi connectivity index (χ1n) is 5.16. The summed E-state index contributed by atoms with van der Waals surface area (Å²) in [5.41, 5.74) is 0.279. The molecule has 1 aliphatic rings. The summed E-state index contributed by atoms with van der Waals surface area (Å²) in [6.45, 7) is 0. The summed E-state index contributed by atoms with van der Waals surface area (Å²) in [6.07, 6.45) is 0.183. The summed E-state index contributed by atoms with van der Waals surface area (Å²) < 4.78 is 62.0. The van der Waals surface area contributed by atoms with Gasteiger partial charge >= 0.3 is 0 Å². The van der Waals surface area contributed by atoms with E-state index in [2.05, 4.69) is 0 Å².